The highest BCUT2D eigenvalue weighted by Crippen LogP contribution is 2.34. The van der Waals surface area contributed by atoms with Crippen molar-refractivity contribution in [2.45, 2.75) is 18.4 Å². The third-order valence-corrected chi connectivity index (χ3v) is 8.70. The largest absolute Gasteiger partial charge is 0.279 e. The first-order valence-corrected chi connectivity index (χ1v) is 14.0. The standard InChI is InChI=1S/C27H25ClN4O3S2/c1-4-14-31(15-5-2)37(34,35)23-8-6-21(7-9-23)26(33)32(18-20-10-12-29-13-11-20)27-30-25-19(3)16-22(28)17-24(25)36-27/h4-13,16-17H,1-2,14-15,18H2,3H3. The van der Waals surface area contributed by atoms with Crippen molar-refractivity contribution in [3.05, 3.63) is 108 Å². The predicted molar refractivity (Wildman–Crippen MR) is 150 cm³/mol. The SMILES string of the molecule is C=CCN(CC=C)S(=O)(=O)c1ccc(C(=O)N(Cc2ccncc2)c2nc3c(C)cc(Cl)cc3s2)cc1. The minimum absolute atomic E-state index is 0.0821. The molecule has 0 radical (unpaired) electrons. The van der Waals surface area contributed by atoms with Crippen molar-refractivity contribution < 1.29 is 13.2 Å². The average Bonchev–Trinajstić information content (AvgIpc) is 3.31. The molecule has 2 heterocycles. The van der Waals surface area contributed by atoms with Crippen LogP contribution in [0, 0.1) is 6.92 Å². The number of halogens is 1. The van der Waals surface area contributed by atoms with Gasteiger partial charge < -0.3 is 0 Å². The van der Waals surface area contributed by atoms with E-state index >= 15 is 0 Å². The Morgan fingerprint density at radius 1 is 1.05 bits per heavy atom. The van der Waals surface area contributed by atoms with Crippen LogP contribution in [0.3, 0.4) is 0 Å². The number of anilines is 1. The molecule has 37 heavy (non-hydrogen) atoms. The lowest BCUT2D eigenvalue weighted by atomic mass is 10.2. The van der Waals surface area contributed by atoms with Crippen molar-refractivity contribution in [3.8, 4) is 0 Å². The minimum atomic E-state index is -3.78. The Morgan fingerprint density at radius 3 is 2.32 bits per heavy atom. The molecule has 4 aromatic rings. The number of fused-ring (bicyclic) bond motifs is 1. The van der Waals surface area contributed by atoms with E-state index in [-0.39, 0.29) is 30.4 Å². The van der Waals surface area contributed by atoms with Crippen LogP contribution in [0.25, 0.3) is 10.2 Å². The molecule has 2 aromatic carbocycles. The molecule has 0 unspecified atom stereocenters. The molecule has 0 spiro atoms. The highest BCUT2D eigenvalue weighted by Gasteiger charge is 2.25. The van der Waals surface area contributed by atoms with Gasteiger partial charge >= 0.3 is 0 Å². The first kappa shape index (κ1) is 26.7. The molecule has 1 amide bonds. The molecule has 0 saturated carbocycles. The Kier molecular flexibility index (Phi) is 8.19. The maximum Gasteiger partial charge on any atom is 0.260 e. The predicted octanol–water partition coefficient (Wildman–Crippen LogP) is 5.86. The number of nitrogens with zero attached hydrogens (tertiary/aromatic N) is 4. The van der Waals surface area contributed by atoms with Crippen LogP contribution in [0.2, 0.25) is 5.02 Å². The van der Waals surface area contributed by atoms with Crippen molar-refractivity contribution in [1.29, 1.82) is 0 Å². The van der Waals surface area contributed by atoms with Crippen molar-refractivity contribution in [2.24, 2.45) is 0 Å². The summed E-state index contributed by atoms with van der Waals surface area (Å²) < 4.78 is 28.2. The van der Waals surface area contributed by atoms with Gasteiger partial charge in [0.1, 0.15) is 0 Å². The zero-order valence-corrected chi connectivity index (χ0v) is 22.6. The molecule has 0 fully saturated rings. The van der Waals surface area contributed by atoms with Gasteiger partial charge in [-0.15, -0.1) is 13.2 Å². The fourth-order valence-electron chi connectivity index (χ4n) is 3.79. The van der Waals surface area contributed by atoms with E-state index in [1.807, 2.05) is 31.2 Å². The molecule has 4 rings (SSSR count). The van der Waals surface area contributed by atoms with Crippen molar-refractivity contribution in [2.75, 3.05) is 18.0 Å². The monoisotopic (exact) mass is 552 g/mol. The zero-order chi connectivity index (χ0) is 26.6. The van der Waals surface area contributed by atoms with Gasteiger partial charge in [-0.25, -0.2) is 13.4 Å². The first-order valence-electron chi connectivity index (χ1n) is 11.3. The number of amides is 1. The van der Waals surface area contributed by atoms with Gasteiger partial charge in [-0.2, -0.15) is 4.31 Å². The quantitative estimate of drug-likeness (QED) is 0.230. The molecule has 10 heteroatoms. The molecule has 0 aliphatic rings. The van der Waals surface area contributed by atoms with E-state index in [0.717, 1.165) is 21.3 Å². The molecule has 190 valence electrons. The van der Waals surface area contributed by atoms with E-state index in [1.54, 1.807) is 17.3 Å². The van der Waals surface area contributed by atoms with Gasteiger partial charge in [-0.3, -0.25) is 14.7 Å². The fourth-order valence-corrected chi connectivity index (χ4v) is 6.59. The Morgan fingerprint density at radius 2 is 1.70 bits per heavy atom. The molecule has 0 aliphatic carbocycles. The van der Waals surface area contributed by atoms with Crippen LogP contribution in [0.4, 0.5) is 5.13 Å². The summed E-state index contributed by atoms with van der Waals surface area (Å²) in [6.45, 7) is 9.74. The smallest absolute Gasteiger partial charge is 0.260 e. The summed E-state index contributed by atoms with van der Waals surface area (Å²) in [6, 6.07) is 13.2. The van der Waals surface area contributed by atoms with Crippen molar-refractivity contribution >= 4 is 54.2 Å². The number of rotatable bonds is 10. The third-order valence-electron chi connectivity index (χ3n) is 5.61. The van der Waals surface area contributed by atoms with Crippen LogP contribution >= 0.6 is 22.9 Å². The second-order valence-corrected chi connectivity index (χ2v) is 11.6. The molecular formula is C27H25ClN4O3S2. The Balaban J connectivity index is 1.71. The Labute approximate surface area is 225 Å². The van der Waals surface area contributed by atoms with Gasteiger partial charge in [-0.1, -0.05) is 35.1 Å². The summed E-state index contributed by atoms with van der Waals surface area (Å²) in [5.74, 6) is -0.308. The fraction of sp³-hybridized carbons (Fsp3) is 0.148. The molecule has 0 N–H and O–H groups in total. The number of sulfonamides is 1. The number of benzene rings is 2. The number of hydrogen-bond acceptors (Lipinski definition) is 6. The summed E-state index contributed by atoms with van der Waals surface area (Å²) in [5.41, 5.74) is 2.91. The van der Waals surface area contributed by atoms with E-state index in [1.165, 1.54) is 52.1 Å². The summed E-state index contributed by atoms with van der Waals surface area (Å²) in [5, 5.41) is 1.12. The van der Waals surface area contributed by atoms with Gasteiger partial charge in [0.25, 0.3) is 5.91 Å². The van der Waals surface area contributed by atoms with Crippen LogP contribution in [-0.4, -0.2) is 41.7 Å². The summed E-state index contributed by atoms with van der Waals surface area (Å²) >= 11 is 7.61. The lowest BCUT2D eigenvalue weighted by molar-refractivity contribution is 0.0985. The maximum absolute atomic E-state index is 13.7. The minimum Gasteiger partial charge on any atom is -0.279 e. The van der Waals surface area contributed by atoms with E-state index in [4.69, 9.17) is 16.6 Å². The average molecular weight is 553 g/mol. The van der Waals surface area contributed by atoms with Crippen molar-refractivity contribution in [1.82, 2.24) is 14.3 Å². The van der Waals surface area contributed by atoms with Gasteiger partial charge in [0, 0.05) is 36.1 Å². The summed E-state index contributed by atoms with van der Waals surface area (Å²) in [7, 11) is -3.78. The van der Waals surface area contributed by atoms with Gasteiger partial charge in [0.15, 0.2) is 5.13 Å². The second-order valence-electron chi connectivity index (χ2n) is 8.24. The number of thiazole rings is 1. The van der Waals surface area contributed by atoms with E-state index in [2.05, 4.69) is 18.1 Å². The number of aryl methyl sites for hydroxylation is 1. The van der Waals surface area contributed by atoms with Crippen LogP contribution in [0.15, 0.2) is 91.1 Å². The molecule has 2 aromatic heterocycles. The van der Waals surface area contributed by atoms with Crippen LogP contribution < -0.4 is 4.90 Å². The number of carbonyl (C=O) groups is 1. The second kappa shape index (κ2) is 11.4. The van der Waals surface area contributed by atoms with E-state index < -0.39 is 10.0 Å². The van der Waals surface area contributed by atoms with Crippen LogP contribution in [0.1, 0.15) is 21.5 Å². The topological polar surface area (TPSA) is 83.5 Å². The first-order chi connectivity index (χ1) is 17.7. The Bertz CT molecular complexity index is 1540. The molecule has 0 atom stereocenters. The summed E-state index contributed by atoms with van der Waals surface area (Å²) in [4.78, 5) is 24.2. The maximum atomic E-state index is 13.7. The number of aromatic nitrogens is 2. The molecule has 7 nitrogen and oxygen atoms in total. The molecular weight excluding hydrogens is 528 g/mol. The number of hydrogen-bond donors (Lipinski definition) is 0. The molecule has 0 bridgehead atoms. The van der Waals surface area contributed by atoms with Gasteiger partial charge in [0.2, 0.25) is 10.0 Å². The normalized spacial score (nSPS) is 11.5. The summed E-state index contributed by atoms with van der Waals surface area (Å²) in [6.07, 6.45) is 6.36. The van der Waals surface area contributed by atoms with E-state index in [0.29, 0.717) is 15.7 Å². The highest BCUT2D eigenvalue weighted by atomic mass is 35.5. The van der Waals surface area contributed by atoms with E-state index in [9.17, 15) is 13.2 Å². The van der Waals surface area contributed by atoms with Crippen molar-refractivity contribution in [3.63, 3.8) is 0 Å². The zero-order valence-electron chi connectivity index (χ0n) is 20.2. The lowest BCUT2D eigenvalue weighted by Crippen LogP contribution is -2.32. The number of carbonyl (C=O) groups excluding carboxylic acids is 1. The highest BCUT2D eigenvalue weighted by molar-refractivity contribution is 7.89. The third kappa shape index (κ3) is 5.80. The lowest BCUT2D eigenvalue weighted by Gasteiger charge is -2.21. The number of pyridine rings is 1. The molecule has 0 aliphatic heterocycles. The van der Waals surface area contributed by atoms with Crippen LogP contribution in [-0.2, 0) is 16.6 Å². The Hall–Kier alpha value is -3.37. The van der Waals surface area contributed by atoms with Crippen LogP contribution in [0.5, 0.6) is 0 Å². The van der Waals surface area contributed by atoms with Gasteiger partial charge in [-0.05, 0) is 66.6 Å². The van der Waals surface area contributed by atoms with Gasteiger partial charge in [0.05, 0.1) is 21.7 Å². The molecule has 0 saturated heterocycles.